The maximum Gasteiger partial charge on any atom is 0.247 e. The van der Waals surface area contributed by atoms with Gasteiger partial charge in [-0.15, -0.1) is 0 Å². The number of nitrogens with zero attached hydrogens (tertiary/aromatic N) is 2. The van der Waals surface area contributed by atoms with Crippen molar-refractivity contribution in [3.8, 4) is 0 Å². The second-order valence-electron chi connectivity index (χ2n) is 9.85. The predicted molar refractivity (Wildman–Crippen MR) is 141 cm³/mol. The molecule has 3 heterocycles. The third-order valence-corrected chi connectivity index (χ3v) is 7.29. The van der Waals surface area contributed by atoms with Gasteiger partial charge in [-0.25, -0.2) is 0 Å². The monoisotopic (exact) mass is 477 g/mol. The number of hydrogen-bond acceptors (Lipinski definition) is 6. The normalized spacial score (nSPS) is 20.4. The lowest BCUT2D eigenvalue weighted by Gasteiger charge is -2.32. The fraction of sp³-hybridized carbons (Fsp3) is 0.536. The second kappa shape index (κ2) is 12.7. The van der Waals surface area contributed by atoms with Crippen molar-refractivity contribution in [3.05, 3.63) is 53.9 Å². The van der Waals surface area contributed by atoms with Gasteiger partial charge in [0.1, 0.15) is 12.3 Å². The van der Waals surface area contributed by atoms with Gasteiger partial charge < -0.3 is 25.6 Å². The van der Waals surface area contributed by atoms with Crippen LogP contribution in [-0.4, -0.2) is 49.4 Å². The number of carbonyl (C=O) groups excluding carboxylic acids is 2. The molecule has 7 heteroatoms. The molecule has 2 atom stereocenters. The third kappa shape index (κ3) is 6.82. The van der Waals surface area contributed by atoms with Gasteiger partial charge in [-0.2, -0.15) is 0 Å². The van der Waals surface area contributed by atoms with E-state index in [9.17, 15) is 9.59 Å². The van der Waals surface area contributed by atoms with Gasteiger partial charge >= 0.3 is 0 Å². The van der Waals surface area contributed by atoms with Gasteiger partial charge in [0.25, 0.3) is 0 Å². The van der Waals surface area contributed by atoms with Crippen molar-refractivity contribution >= 4 is 23.6 Å². The summed E-state index contributed by atoms with van der Waals surface area (Å²) in [6.07, 6.45) is 14.9. The van der Waals surface area contributed by atoms with E-state index in [-0.39, 0.29) is 11.9 Å². The van der Waals surface area contributed by atoms with Gasteiger partial charge in [-0.05, 0) is 68.8 Å². The number of nitrogens with one attached hydrogen (secondary N) is 3. The summed E-state index contributed by atoms with van der Waals surface area (Å²) in [5, 5.41) is 9.84. The highest BCUT2D eigenvalue weighted by molar-refractivity contribution is 5.87. The van der Waals surface area contributed by atoms with E-state index in [0.29, 0.717) is 6.04 Å². The highest BCUT2D eigenvalue weighted by atomic mass is 16.2. The zero-order valence-electron chi connectivity index (χ0n) is 20.8. The summed E-state index contributed by atoms with van der Waals surface area (Å²) in [6, 6.07) is 10.4. The number of pyridine rings is 1. The van der Waals surface area contributed by atoms with Crippen LogP contribution in [0.25, 0.3) is 0 Å². The number of carbonyl (C=O) groups is 2. The van der Waals surface area contributed by atoms with Gasteiger partial charge in [-0.1, -0.05) is 31.4 Å². The van der Waals surface area contributed by atoms with Crippen LogP contribution in [0.15, 0.2) is 42.7 Å². The fourth-order valence-electron chi connectivity index (χ4n) is 5.26. The average molecular weight is 478 g/mol. The van der Waals surface area contributed by atoms with Crippen molar-refractivity contribution < 1.29 is 9.59 Å². The smallest absolute Gasteiger partial charge is 0.247 e. The Bertz CT molecular complexity index is 955. The number of benzene rings is 1. The van der Waals surface area contributed by atoms with Crippen LogP contribution in [-0.2, 0) is 16.0 Å². The lowest BCUT2D eigenvalue weighted by Crippen LogP contribution is -2.44. The van der Waals surface area contributed by atoms with Crippen molar-refractivity contribution in [3.63, 3.8) is 0 Å². The molecule has 7 nitrogen and oxygen atoms in total. The molecule has 2 unspecified atom stereocenters. The highest BCUT2D eigenvalue weighted by Gasteiger charge is 2.28. The number of aryl methyl sites for hydroxylation is 1. The van der Waals surface area contributed by atoms with Crippen molar-refractivity contribution in [2.24, 2.45) is 0 Å². The molecule has 0 bridgehead atoms. The Hall–Kier alpha value is -2.93. The summed E-state index contributed by atoms with van der Waals surface area (Å²) in [5.41, 5.74) is 4.51. The molecule has 0 spiro atoms. The molecule has 1 aromatic heterocycles. The standard InChI is InChI=1S/C23H30N4O.C5H9NO/c1-27(20-12-11-17-7-6-14-25-21(17)15-20)22(18-8-5-13-24-16-18)23(28)26-19-9-3-2-4-10-19;7-4-5-2-1-3-6-5/h5,8,11-13,15-16,19,22,25H,2-4,6-7,9-10,14H2,1H3,(H,26,28);4-6H,1-3H2. The molecule has 2 aliphatic heterocycles. The van der Waals surface area contributed by atoms with Gasteiger partial charge in [0.15, 0.2) is 0 Å². The molecule has 3 N–H and O–H groups in total. The van der Waals surface area contributed by atoms with E-state index in [1.54, 1.807) is 12.4 Å². The largest absolute Gasteiger partial charge is 0.385 e. The number of aldehydes is 1. The van der Waals surface area contributed by atoms with Crippen LogP contribution in [0, 0.1) is 0 Å². The first-order valence-corrected chi connectivity index (χ1v) is 13.1. The first kappa shape index (κ1) is 25.2. The molecule has 2 aromatic rings. The summed E-state index contributed by atoms with van der Waals surface area (Å²) in [6.45, 7) is 2.03. The quantitative estimate of drug-likeness (QED) is 0.545. The maximum atomic E-state index is 13.3. The first-order valence-electron chi connectivity index (χ1n) is 13.1. The second-order valence-corrected chi connectivity index (χ2v) is 9.85. The Morgan fingerprint density at radius 2 is 1.97 bits per heavy atom. The van der Waals surface area contributed by atoms with E-state index in [4.69, 9.17) is 0 Å². The van der Waals surface area contributed by atoms with Crippen molar-refractivity contribution in [1.29, 1.82) is 0 Å². The number of aromatic nitrogens is 1. The Morgan fingerprint density at radius 3 is 2.66 bits per heavy atom. The first-order chi connectivity index (χ1) is 17.2. The molecule has 5 rings (SSSR count). The van der Waals surface area contributed by atoms with Crippen LogP contribution >= 0.6 is 0 Å². The van der Waals surface area contributed by atoms with Gasteiger partial charge in [0.05, 0.1) is 6.04 Å². The van der Waals surface area contributed by atoms with E-state index in [2.05, 4.69) is 44.0 Å². The molecule has 2 fully saturated rings. The van der Waals surface area contributed by atoms with Crippen LogP contribution in [0.4, 0.5) is 11.4 Å². The zero-order valence-corrected chi connectivity index (χ0v) is 20.8. The minimum atomic E-state index is -0.391. The molecule has 1 saturated carbocycles. The van der Waals surface area contributed by atoms with Crippen LogP contribution < -0.4 is 20.9 Å². The highest BCUT2D eigenvalue weighted by Crippen LogP contribution is 2.32. The lowest BCUT2D eigenvalue weighted by atomic mass is 9.94. The van der Waals surface area contributed by atoms with Crippen LogP contribution in [0.1, 0.15) is 68.5 Å². The van der Waals surface area contributed by atoms with Crippen molar-refractivity contribution in [2.75, 3.05) is 30.4 Å². The summed E-state index contributed by atoms with van der Waals surface area (Å²) < 4.78 is 0. The Morgan fingerprint density at radius 1 is 1.11 bits per heavy atom. The summed E-state index contributed by atoms with van der Waals surface area (Å²) in [5.74, 6) is 0.0630. The molecule has 35 heavy (non-hydrogen) atoms. The molecule has 1 aliphatic carbocycles. The van der Waals surface area contributed by atoms with Gasteiger partial charge in [0, 0.05) is 49.0 Å². The van der Waals surface area contributed by atoms with E-state index in [1.165, 1.54) is 36.9 Å². The van der Waals surface area contributed by atoms with Gasteiger partial charge in [0.2, 0.25) is 5.91 Å². The Labute approximate surface area is 209 Å². The number of likely N-dealkylation sites (N-methyl/N-ethyl adjacent to an activating group) is 1. The van der Waals surface area contributed by atoms with Crippen molar-refractivity contribution in [2.45, 2.75) is 75.9 Å². The third-order valence-electron chi connectivity index (χ3n) is 7.29. The topological polar surface area (TPSA) is 86.4 Å². The number of hydrogen-bond donors (Lipinski definition) is 3. The number of amides is 1. The molecule has 1 aromatic carbocycles. The van der Waals surface area contributed by atoms with Crippen molar-refractivity contribution in [1.82, 2.24) is 15.6 Å². The van der Waals surface area contributed by atoms with E-state index in [1.807, 2.05) is 19.2 Å². The minimum absolute atomic E-state index is 0.0630. The fourth-order valence-corrected chi connectivity index (χ4v) is 5.26. The van der Waals surface area contributed by atoms with Crippen LogP contribution in [0.2, 0.25) is 0 Å². The molecule has 1 saturated heterocycles. The predicted octanol–water partition coefficient (Wildman–Crippen LogP) is 4.00. The van der Waals surface area contributed by atoms with E-state index < -0.39 is 6.04 Å². The van der Waals surface area contributed by atoms with E-state index >= 15 is 0 Å². The number of rotatable bonds is 6. The molecule has 1 amide bonds. The van der Waals surface area contributed by atoms with E-state index in [0.717, 1.165) is 62.7 Å². The summed E-state index contributed by atoms with van der Waals surface area (Å²) in [4.78, 5) is 29.6. The number of fused-ring (bicyclic) bond motifs is 1. The average Bonchev–Trinajstić information content (AvgIpc) is 3.44. The molecule has 0 radical (unpaired) electrons. The molecule has 3 aliphatic rings. The van der Waals surface area contributed by atoms with Gasteiger partial charge in [-0.3, -0.25) is 9.78 Å². The molecular weight excluding hydrogens is 438 g/mol. The summed E-state index contributed by atoms with van der Waals surface area (Å²) >= 11 is 0. The minimum Gasteiger partial charge on any atom is -0.385 e. The summed E-state index contributed by atoms with van der Waals surface area (Å²) in [7, 11) is 2.00. The number of anilines is 2. The molecule has 188 valence electrons. The maximum absolute atomic E-state index is 13.3. The zero-order chi connectivity index (χ0) is 24.5. The van der Waals surface area contributed by atoms with Crippen LogP contribution in [0.3, 0.4) is 0 Å². The Balaban J connectivity index is 0.000000356. The SMILES string of the molecule is CN(c1ccc2c(c1)NCCC2)C(C(=O)NC1CCCCC1)c1cccnc1.O=CC1CCCN1. The lowest BCUT2D eigenvalue weighted by molar-refractivity contribution is -0.123. The van der Waals surface area contributed by atoms with Crippen LogP contribution in [0.5, 0.6) is 0 Å². The Kier molecular flexibility index (Phi) is 9.12. The molecular formula is C28H39N5O2.